The largest absolute Gasteiger partial charge is 0.494 e. The van der Waals surface area contributed by atoms with Crippen LogP contribution in [0.25, 0.3) is 22.1 Å². The molecule has 0 atom stereocenters. The third kappa shape index (κ3) is 2.55. The SMILES string of the molecule is CCOc1cc(-c2ccccc2)c2oc(C(=O)OC)cc2c1. The number of benzene rings is 2. The predicted molar refractivity (Wildman–Crippen MR) is 84.2 cm³/mol. The highest BCUT2D eigenvalue weighted by Crippen LogP contribution is 2.35. The highest BCUT2D eigenvalue weighted by Gasteiger charge is 2.17. The first kappa shape index (κ1) is 14.2. The van der Waals surface area contributed by atoms with Gasteiger partial charge in [-0.3, -0.25) is 0 Å². The van der Waals surface area contributed by atoms with Gasteiger partial charge in [0.15, 0.2) is 0 Å². The van der Waals surface area contributed by atoms with Crippen LogP contribution in [0.15, 0.2) is 52.9 Å². The van der Waals surface area contributed by atoms with E-state index in [4.69, 9.17) is 13.9 Å². The van der Waals surface area contributed by atoms with E-state index >= 15 is 0 Å². The molecular formula is C18H16O4. The van der Waals surface area contributed by atoms with Gasteiger partial charge in [-0.15, -0.1) is 0 Å². The van der Waals surface area contributed by atoms with E-state index in [1.165, 1.54) is 7.11 Å². The molecule has 4 nitrogen and oxygen atoms in total. The Hall–Kier alpha value is -2.75. The molecular weight excluding hydrogens is 280 g/mol. The molecule has 3 aromatic rings. The second kappa shape index (κ2) is 5.93. The smallest absolute Gasteiger partial charge is 0.373 e. The maximum atomic E-state index is 11.7. The first-order valence-electron chi connectivity index (χ1n) is 7.07. The molecule has 1 aromatic heterocycles. The minimum absolute atomic E-state index is 0.184. The molecule has 2 aromatic carbocycles. The van der Waals surface area contributed by atoms with Crippen molar-refractivity contribution in [2.24, 2.45) is 0 Å². The number of carbonyl (C=O) groups is 1. The third-order valence-corrected chi connectivity index (χ3v) is 3.37. The highest BCUT2D eigenvalue weighted by molar-refractivity contribution is 5.99. The number of furan rings is 1. The molecule has 3 rings (SSSR count). The first-order valence-corrected chi connectivity index (χ1v) is 7.07. The average molecular weight is 296 g/mol. The van der Waals surface area contributed by atoms with Gasteiger partial charge in [-0.25, -0.2) is 4.79 Å². The average Bonchev–Trinajstić information content (AvgIpc) is 2.98. The summed E-state index contributed by atoms with van der Waals surface area (Å²) in [7, 11) is 1.33. The molecule has 0 aliphatic heterocycles. The van der Waals surface area contributed by atoms with Gasteiger partial charge >= 0.3 is 5.97 Å². The van der Waals surface area contributed by atoms with E-state index in [2.05, 4.69) is 0 Å². The van der Waals surface area contributed by atoms with E-state index in [0.717, 1.165) is 22.3 Å². The maximum Gasteiger partial charge on any atom is 0.373 e. The molecule has 112 valence electrons. The van der Waals surface area contributed by atoms with Gasteiger partial charge in [0.2, 0.25) is 5.76 Å². The molecule has 0 bridgehead atoms. The van der Waals surface area contributed by atoms with Gasteiger partial charge in [0.05, 0.1) is 13.7 Å². The zero-order valence-corrected chi connectivity index (χ0v) is 12.5. The number of carbonyl (C=O) groups excluding carboxylic acids is 1. The van der Waals surface area contributed by atoms with Crippen molar-refractivity contribution in [2.45, 2.75) is 6.92 Å². The molecule has 0 radical (unpaired) electrons. The van der Waals surface area contributed by atoms with Crippen LogP contribution < -0.4 is 4.74 Å². The molecule has 0 fully saturated rings. The summed E-state index contributed by atoms with van der Waals surface area (Å²) in [5.74, 6) is 0.433. The second-order valence-corrected chi connectivity index (χ2v) is 4.79. The van der Waals surface area contributed by atoms with Crippen LogP contribution in [0, 0.1) is 0 Å². The molecule has 0 unspecified atom stereocenters. The summed E-state index contributed by atoms with van der Waals surface area (Å²) in [4.78, 5) is 11.7. The van der Waals surface area contributed by atoms with Gasteiger partial charge < -0.3 is 13.9 Å². The van der Waals surface area contributed by atoms with Crippen LogP contribution in [0.2, 0.25) is 0 Å². The van der Waals surface area contributed by atoms with E-state index in [1.54, 1.807) is 6.07 Å². The number of rotatable bonds is 4. The van der Waals surface area contributed by atoms with Crippen LogP contribution in [0.4, 0.5) is 0 Å². The summed E-state index contributed by atoms with van der Waals surface area (Å²) < 4.78 is 16.0. The number of hydrogen-bond donors (Lipinski definition) is 0. The molecule has 1 heterocycles. The summed E-state index contributed by atoms with van der Waals surface area (Å²) in [5.41, 5.74) is 2.53. The molecule has 0 amide bonds. The number of fused-ring (bicyclic) bond motifs is 1. The van der Waals surface area contributed by atoms with Crippen LogP contribution in [0.3, 0.4) is 0 Å². The molecule has 0 spiro atoms. The van der Waals surface area contributed by atoms with Crippen molar-refractivity contribution in [3.05, 3.63) is 54.3 Å². The van der Waals surface area contributed by atoms with E-state index < -0.39 is 5.97 Å². The van der Waals surface area contributed by atoms with Gasteiger partial charge in [-0.2, -0.15) is 0 Å². The molecule has 22 heavy (non-hydrogen) atoms. The minimum atomic E-state index is -0.492. The van der Waals surface area contributed by atoms with Crippen molar-refractivity contribution >= 4 is 16.9 Å². The Morgan fingerprint density at radius 3 is 2.59 bits per heavy atom. The lowest BCUT2D eigenvalue weighted by Crippen LogP contribution is -1.97. The quantitative estimate of drug-likeness (QED) is 0.674. The topological polar surface area (TPSA) is 48.7 Å². The fourth-order valence-electron chi connectivity index (χ4n) is 2.41. The second-order valence-electron chi connectivity index (χ2n) is 4.79. The van der Waals surface area contributed by atoms with Gasteiger partial charge in [0.25, 0.3) is 0 Å². The van der Waals surface area contributed by atoms with Gasteiger partial charge in [0.1, 0.15) is 11.3 Å². The Bertz CT molecular complexity index is 803. The summed E-state index contributed by atoms with van der Waals surface area (Å²) in [6.45, 7) is 2.50. The number of hydrogen-bond acceptors (Lipinski definition) is 4. The molecule has 0 N–H and O–H groups in total. The van der Waals surface area contributed by atoms with Crippen molar-refractivity contribution in [3.63, 3.8) is 0 Å². The van der Waals surface area contributed by atoms with Gasteiger partial charge in [-0.1, -0.05) is 30.3 Å². The minimum Gasteiger partial charge on any atom is -0.494 e. The highest BCUT2D eigenvalue weighted by atomic mass is 16.5. The summed E-state index contributed by atoms with van der Waals surface area (Å²) in [6.07, 6.45) is 0. The Labute approximate surface area is 128 Å². The monoisotopic (exact) mass is 296 g/mol. The summed E-state index contributed by atoms with van der Waals surface area (Å²) in [5, 5.41) is 0.810. The van der Waals surface area contributed by atoms with Crippen molar-refractivity contribution < 1.29 is 18.7 Å². The van der Waals surface area contributed by atoms with Crippen LogP contribution in [0.5, 0.6) is 5.75 Å². The molecule has 0 saturated heterocycles. The number of methoxy groups -OCH3 is 1. The molecule has 4 heteroatoms. The van der Waals surface area contributed by atoms with Crippen LogP contribution in [0.1, 0.15) is 17.5 Å². The van der Waals surface area contributed by atoms with E-state index in [9.17, 15) is 4.79 Å². The van der Waals surface area contributed by atoms with Gasteiger partial charge in [0, 0.05) is 10.9 Å². The summed E-state index contributed by atoms with van der Waals surface area (Å²) >= 11 is 0. The lowest BCUT2D eigenvalue weighted by molar-refractivity contribution is 0.0568. The number of esters is 1. The normalized spacial score (nSPS) is 10.6. The lowest BCUT2D eigenvalue weighted by Gasteiger charge is -2.07. The molecule has 0 saturated carbocycles. The Morgan fingerprint density at radius 1 is 1.14 bits per heavy atom. The zero-order valence-electron chi connectivity index (χ0n) is 12.5. The van der Waals surface area contributed by atoms with Gasteiger partial charge in [-0.05, 0) is 30.7 Å². The van der Waals surface area contributed by atoms with Crippen molar-refractivity contribution in [2.75, 3.05) is 13.7 Å². The lowest BCUT2D eigenvalue weighted by atomic mass is 10.0. The Kier molecular flexibility index (Phi) is 3.83. The van der Waals surface area contributed by atoms with Crippen LogP contribution in [-0.4, -0.2) is 19.7 Å². The fourth-order valence-corrected chi connectivity index (χ4v) is 2.41. The standard InChI is InChI=1S/C18H16O4/c1-3-21-14-9-13-10-16(18(19)20-2)22-17(13)15(11-14)12-7-5-4-6-8-12/h4-11H,3H2,1-2H3. The van der Waals surface area contributed by atoms with E-state index in [1.807, 2.05) is 49.4 Å². The van der Waals surface area contributed by atoms with Crippen molar-refractivity contribution in [1.29, 1.82) is 0 Å². The Morgan fingerprint density at radius 2 is 1.91 bits per heavy atom. The fraction of sp³-hybridized carbons (Fsp3) is 0.167. The van der Waals surface area contributed by atoms with E-state index in [-0.39, 0.29) is 5.76 Å². The van der Waals surface area contributed by atoms with Crippen molar-refractivity contribution in [1.82, 2.24) is 0 Å². The number of ether oxygens (including phenoxy) is 2. The molecule has 0 aliphatic rings. The van der Waals surface area contributed by atoms with E-state index in [0.29, 0.717) is 12.2 Å². The predicted octanol–water partition coefficient (Wildman–Crippen LogP) is 4.29. The van der Waals surface area contributed by atoms with Crippen molar-refractivity contribution in [3.8, 4) is 16.9 Å². The van der Waals surface area contributed by atoms with Crippen LogP contribution in [-0.2, 0) is 4.74 Å². The third-order valence-electron chi connectivity index (χ3n) is 3.37. The Balaban J connectivity index is 2.23. The van der Waals surface area contributed by atoms with Crippen LogP contribution >= 0.6 is 0 Å². The maximum absolute atomic E-state index is 11.7. The molecule has 0 aliphatic carbocycles. The summed E-state index contributed by atoms with van der Waals surface area (Å²) in [6, 6.07) is 15.3. The first-order chi connectivity index (χ1) is 10.7. The zero-order chi connectivity index (χ0) is 15.5.